The molecule has 18 heavy (non-hydrogen) atoms. The summed E-state index contributed by atoms with van der Waals surface area (Å²) < 4.78 is 0. The molecular formula is C16H23NS. The third kappa shape index (κ3) is 1.55. The average molecular weight is 261 g/mol. The monoisotopic (exact) mass is 261 g/mol. The quantitative estimate of drug-likeness (QED) is 0.880. The van der Waals surface area contributed by atoms with Crippen molar-refractivity contribution in [3.63, 3.8) is 0 Å². The summed E-state index contributed by atoms with van der Waals surface area (Å²) in [5.41, 5.74) is 6.42. The van der Waals surface area contributed by atoms with Crippen LogP contribution in [0, 0.1) is 23.7 Å². The molecule has 4 aliphatic carbocycles. The van der Waals surface area contributed by atoms with Gasteiger partial charge in [-0.3, -0.25) is 0 Å². The molecule has 4 saturated carbocycles. The first kappa shape index (κ1) is 11.5. The van der Waals surface area contributed by atoms with E-state index in [0.717, 1.165) is 30.2 Å². The summed E-state index contributed by atoms with van der Waals surface area (Å²) >= 11 is 2.00. The van der Waals surface area contributed by atoms with E-state index >= 15 is 0 Å². The van der Waals surface area contributed by atoms with E-state index in [-0.39, 0.29) is 0 Å². The lowest BCUT2D eigenvalue weighted by Gasteiger charge is -2.60. The van der Waals surface area contributed by atoms with Gasteiger partial charge in [0.1, 0.15) is 0 Å². The molecule has 5 rings (SSSR count). The van der Waals surface area contributed by atoms with Gasteiger partial charge in [-0.05, 0) is 80.2 Å². The molecule has 1 nitrogen and oxygen atoms in total. The summed E-state index contributed by atoms with van der Waals surface area (Å²) in [5.74, 6) is 3.96. The standard InChI is InChI=1S/C16H23NS/c17-4-3-14-12-6-11-7-13(14)10-16(8-11,9-12)15-2-1-5-18-15/h1-2,5,11-14H,3-4,6-10,17H2. The highest BCUT2D eigenvalue weighted by Crippen LogP contribution is 2.63. The topological polar surface area (TPSA) is 26.0 Å². The Labute approximate surface area is 114 Å². The molecule has 1 aromatic rings. The van der Waals surface area contributed by atoms with Crippen molar-refractivity contribution in [2.45, 2.75) is 43.9 Å². The molecule has 2 N–H and O–H groups in total. The minimum absolute atomic E-state index is 0.579. The fraction of sp³-hybridized carbons (Fsp3) is 0.750. The maximum absolute atomic E-state index is 5.84. The highest BCUT2D eigenvalue weighted by molar-refractivity contribution is 7.10. The van der Waals surface area contributed by atoms with Crippen molar-refractivity contribution < 1.29 is 0 Å². The molecule has 1 aromatic heterocycles. The molecule has 2 heteroatoms. The van der Waals surface area contributed by atoms with Crippen LogP contribution in [0.15, 0.2) is 17.5 Å². The Morgan fingerprint density at radius 1 is 1.22 bits per heavy atom. The first-order valence-electron chi connectivity index (χ1n) is 7.55. The summed E-state index contributed by atoms with van der Waals surface area (Å²) in [4.78, 5) is 1.69. The van der Waals surface area contributed by atoms with Crippen molar-refractivity contribution in [3.8, 4) is 0 Å². The van der Waals surface area contributed by atoms with Gasteiger partial charge in [0.2, 0.25) is 0 Å². The van der Waals surface area contributed by atoms with E-state index in [0.29, 0.717) is 5.41 Å². The van der Waals surface area contributed by atoms with Crippen molar-refractivity contribution in [1.82, 2.24) is 0 Å². The summed E-state index contributed by atoms with van der Waals surface area (Å²) in [6, 6.07) is 4.64. The van der Waals surface area contributed by atoms with Crippen LogP contribution in [0.1, 0.15) is 43.4 Å². The number of rotatable bonds is 3. The Morgan fingerprint density at radius 2 is 2.00 bits per heavy atom. The Hall–Kier alpha value is -0.340. The molecule has 1 heterocycles. The van der Waals surface area contributed by atoms with Gasteiger partial charge in [-0.1, -0.05) is 6.07 Å². The van der Waals surface area contributed by atoms with Gasteiger partial charge in [0, 0.05) is 10.3 Å². The van der Waals surface area contributed by atoms with Crippen LogP contribution in [-0.4, -0.2) is 6.54 Å². The lowest BCUT2D eigenvalue weighted by atomic mass is 9.45. The molecule has 4 aliphatic rings. The Bertz CT molecular complexity index is 408. The third-order valence-corrected chi connectivity index (χ3v) is 7.13. The van der Waals surface area contributed by atoms with Crippen molar-refractivity contribution in [2.75, 3.05) is 6.54 Å². The van der Waals surface area contributed by atoms with Crippen molar-refractivity contribution in [3.05, 3.63) is 22.4 Å². The summed E-state index contributed by atoms with van der Waals surface area (Å²) in [7, 11) is 0. The van der Waals surface area contributed by atoms with E-state index < -0.39 is 0 Å². The van der Waals surface area contributed by atoms with Crippen LogP contribution in [0.4, 0.5) is 0 Å². The molecule has 0 aromatic carbocycles. The van der Waals surface area contributed by atoms with E-state index in [1.54, 1.807) is 4.88 Å². The Morgan fingerprint density at radius 3 is 2.61 bits per heavy atom. The second-order valence-corrected chi connectivity index (χ2v) is 7.92. The molecule has 2 atom stereocenters. The van der Waals surface area contributed by atoms with Gasteiger partial charge in [-0.15, -0.1) is 11.3 Å². The predicted octanol–water partition coefficient (Wildman–Crippen LogP) is 3.79. The van der Waals surface area contributed by atoms with E-state index in [1.807, 2.05) is 11.3 Å². The third-order valence-electron chi connectivity index (χ3n) is 6.01. The maximum atomic E-state index is 5.84. The first-order valence-corrected chi connectivity index (χ1v) is 8.43. The minimum atomic E-state index is 0.579. The summed E-state index contributed by atoms with van der Waals surface area (Å²) in [6.07, 6.45) is 8.71. The van der Waals surface area contributed by atoms with Crippen LogP contribution in [0.3, 0.4) is 0 Å². The van der Waals surface area contributed by atoms with Gasteiger partial charge in [0.05, 0.1) is 0 Å². The fourth-order valence-corrected chi connectivity index (χ4v) is 6.64. The average Bonchev–Trinajstić information content (AvgIpc) is 2.87. The largest absolute Gasteiger partial charge is 0.330 e. The van der Waals surface area contributed by atoms with Gasteiger partial charge < -0.3 is 5.73 Å². The van der Waals surface area contributed by atoms with Crippen LogP contribution in [0.5, 0.6) is 0 Å². The maximum Gasteiger partial charge on any atom is 0.0107 e. The van der Waals surface area contributed by atoms with Crippen molar-refractivity contribution in [2.24, 2.45) is 29.4 Å². The SMILES string of the molecule is NCCC1C2CC3CC1CC(c1cccs1)(C3)C2. The number of thiophene rings is 1. The lowest BCUT2D eigenvalue weighted by molar-refractivity contribution is -0.0568. The zero-order valence-electron chi connectivity index (χ0n) is 11.0. The van der Waals surface area contributed by atoms with Crippen molar-refractivity contribution >= 4 is 11.3 Å². The number of nitrogens with two attached hydrogens (primary N) is 1. The van der Waals surface area contributed by atoms with Crippen LogP contribution in [0.2, 0.25) is 0 Å². The number of hydrogen-bond donors (Lipinski definition) is 1. The Kier molecular flexibility index (Phi) is 2.60. The second kappa shape index (κ2) is 4.08. The number of hydrogen-bond acceptors (Lipinski definition) is 2. The van der Waals surface area contributed by atoms with Gasteiger partial charge in [-0.25, -0.2) is 0 Å². The van der Waals surface area contributed by atoms with E-state index in [9.17, 15) is 0 Å². The molecule has 98 valence electrons. The van der Waals surface area contributed by atoms with Crippen LogP contribution < -0.4 is 5.73 Å². The smallest absolute Gasteiger partial charge is 0.0107 e. The van der Waals surface area contributed by atoms with Gasteiger partial charge in [0.15, 0.2) is 0 Å². The minimum Gasteiger partial charge on any atom is -0.330 e. The molecule has 0 aliphatic heterocycles. The van der Waals surface area contributed by atoms with Gasteiger partial charge in [-0.2, -0.15) is 0 Å². The molecule has 4 fully saturated rings. The zero-order chi connectivity index (χ0) is 12.2. The molecular weight excluding hydrogens is 238 g/mol. The summed E-state index contributed by atoms with van der Waals surface area (Å²) in [5, 5.41) is 2.27. The molecule has 0 amide bonds. The van der Waals surface area contributed by atoms with Crippen LogP contribution in [0.25, 0.3) is 0 Å². The lowest BCUT2D eigenvalue weighted by Crippen LogP contribution is -2.53. The van der Waals surface area contributed by atoms with Crippen LogP contribution >= 0.6 is 11.3 Å². The zero-order valence-corrected chi connectivity index (χ0v) is 11.8. The van der Waals surface area contributed by atoms with Crippen LogP contribution in [-0.2, 0) is 5.41 Å². The van der Waals surface area contributed by atoms with Gasteiger partial charge in [0.25, 0.3) is 0 Å². The highest BCUT2D eigenvalue weighted by Gasteiger charge is 2.55. The molecule has 2 unspecified atom stereocenters. The van der Waals surface area contributed by atoms with Gasteiger partial charge >= 0.3 is 0 Å². The van der Waals surface area contributed by atoms with E-state index in [1.165, 1.54) is 38.5 Å². The fourth-order valence-electron chi connectivity index (χ4n) is 5.68. The second-order valence-electron chi connectivity index (χ2n) is 6.97. The molecule has 0 radical (unpaired) electrons. The predicted molar refractivity (Wildman–Crippen MR) is 76.7 cm³/mol. The van der Waals surface area contributed by atoms with Crippen molar-refractivity contribution in [1.29, 1.82) is 0 Å². The molecule has 0 spiro atoms. The highest BCUT2D eigenvalue weighted by atomic mass is 32.1. The van der Waals surface area contributed by atoms with E-state index in [2.05, 4.69) is 17.5 Å². The normalized spacial score (nSPS) is 45.6. The first-order chi connectivity index (χ1) is 8.81. The van der Waals surface area contributed by atoms with E-state index in [4.69, 9.17) is 5.73 Å². The summed E-state index contributed by atoms with van der Waals surface area (Å²) in [6.45, 7) is 0.897. The molecule has 0 saturated heterocycles. The Balaban J connectivity index is 1.67. The molecule has 4 bridgehead atoms.